The Hall–Kier alpha value is -0.455. The summed E-state index contributed by atoms with van der Waals surface area (Å²) in [7, 11) is 2.43. The molecule has 1 heteroatoms. The molecule has 0 fully saturated rings. The number of hydrogen-bond donors (Lipinski definition) is 0. The Bertz CT molecular complexity index is 293. The lowest BCUT2D eigenvalue weighted by Gasteiger charge is -2.28. The normalized spacial score (nSPS) is 14.6. The van der Waals surface area contributed by atoms with Crippen LogP contribution in [0, 0.1) is 11.3 Å². The molecule has 0 saturated carbocycles. The van der Waals surface area contributed by atoms with E-state index in [0.717, 1.165) is 12.7 Å². The van der Waals surface area contributed by atoms with Crippen LogP contribution in [0.1, 0.15) is 61.8 Å². The highest BCUT2D eigenvalue weighted by molar-refractivity contribution is 6.37. The van der Waals surface area contributed by atoms with Gasteiger partial charge in [-0.15, -0.1) is 0 Å². The van der Waals surface area contributed by atoms with Gasteiger partial charge in [-0.1, -0.05) is 78.3 Å². The standard InChI is InChI=1S/C17H32B/c1-9-15(13(3)4)11-16(10-2)17(7,8)12-18-14(5)6/h10-11,13-14H,9,12H2,1-8H3/b15-11+,16-10+. The van der Waals surface area contributed by atoms with Crippen LogP contribution in [0.25, 0.3) is 0 Å². The van der Waals surface area contributed by atoms with Crippen LogP contribution in [0.2, 0.25) is 12.1 Å². The van der Waals surface area contributed by atoms with Crippen molar-refractivity contribution in [2.45, 2.75) is 73.9 Å². The van der Waals surface area contributed by atoms with Gasteiger partial charge in [-0.2, -0.15) is 0 Å². The highest BCUT2D eigenvalue weighted by atomic mass is 14.2. The second-order valence-electron chi connectivity index (χ2n) is 6.54. The maximum Gasteiger partial charge on any atom is 0.114 e. The minimum Gasteiger partial charge on any atom is -0.0839 e. The Morgan fingerprint density at radius 3 is 2.06 bits per heavy atom. The van der Waals surface area contributed by atoms with E-state index < -0.39 is 0 Å². The molecule has 0 spiro atoms. The molecule has 0 unspecified atom stereocenters. The first kappa shape index (κ1) is 17.5. The van der Waals surface area contributed by atoms with E-state index in [-0.39, 0.29) is 5.41 Å². The summed E-state index contributed by atoms with van der Waals surface area (Å²) in [4.78, 5) is 0. The highest BCUT2D eigenvalue weighted by Crippen LogP contribution is 2.34. The number of allylic oxidation sites excluding steroid dienone is 4. The summed E-state index contributed by atoms with van der Waals surface area (Å²) in [5.41, 5.74) is 3.28. The minimum atomic E-state index is 0.244. The van der Waals surface area contributed by atoms with Crippen LogP contribution in [0.5, 0.6) is 0 Å². The molecule has 0 aliphatic rings. The first-order valence-electron chi connectivity index (χ1n) is 7.45. The predicted octanol–water partition coefficient (Wildman–Crippen LogP) is 5.90. The van der Waals surface area contributed by atoms with E-state index in [0.29, 0.717) is 11.7 Å². The van der Waals surface area contributed by atoms with Crippen LogP contribution in [-0.2, 0) is 0 Å². The van der Waals surface area contributed by atoms with Crippen LogP contribution in [-0.4, -0.2) is 7.28 Å². The zero-order valence-electron chi connectivity index (χ0n) is 13.8. The Morgan fingerprint density at radius 2 is 1.72 bits per heavy atom. The van der Waals surface area contributed by atoms with E-state index in [4.69, 9.17) is 0 Å². The molecular weight excluding hydrogens is 215 g/mol. The average Bonchev–Trinajstić information content (AvgIpc) is 2.27. The van der Waals surface area contributed by atoms with Crippen molar-refractivity contribution in [3.05, 3.63) is 23.3 Å². The lowest BCUT2D eigenvalue weighted by Crippen LogP contribution is -2.18. The molecule has 0 nitrogen and oxygen atoms in total. The molecule has 0 rings (SSSR count). The fourth-order valence-corrected chi connectivity index (χ4v) is 2.19. The number of rotatable bonds is 7. The Labute approximate surface area is 116 Å². The van der Waals surface area contributed by atoms with Gasteiger partial charge in [0, 0.05) is 0 Å². The van der Waals surface area contributed by atoms with Gasteiger partial charge in [0.15, 0.2) is 0 Å². The van der Waals surface area contributed by atoms with Crippen molar-refractivity contribution in [1.82, 2.24) is 0 Å². The quantitative estimate of drug-likeness (QED) is 0.388. The predicted molar refractivity (Wildman–Crippen MR) is 86.4 cm³/mol. The van der Waals surface area contributed by atoms with Gasteiger partial charge in [-0.05, 0) is 30.3 Å². The molecule has 0 aliphatic heterocycles. The van der Waals surface area contributed by atoms with E-state index in [9.17, 15) is 0 Å². The van der Waals surface area contributed by atoms with E-state index in [1.165, 1.54) is 5.57 Å². The molecule has 0 bridgehead atoms. The van der Waals surface area contributed by atoms with Crippen molar-refractivity contribution < 1.29 is 0 Å². The van der Waals surface area contributed by atoms with Crippen LogP contribution in [0.3, 0.4) is 0 Å². The third-order valence-electron chi connectivity index (χ3n) is 3.68. The lowest BCUT2D eigenvalue weighted by atomic mass is 9.55. The molecule has 0 amide bonds. The third-order valence-corrected chi connectivity index (χ3v) is 3.68. The topological polar surface area (TPSA) is 0 Å². The smallest absolute Gasteiger partial charge is 0.0839 e. The Morgan fingerprint density at radius 1 is 1.17 bits per heavy atom. The van der Waals surface area contributed by atoms with Crippen LogP contribution in [0.15, 0.2) is 23.3 Å². The maximum atomic E-state index is 2.43. The minimum absolute atomic E-state index is 0.244. The van der Waals surface area contributed by atoms with Crippen molar-refractivity contribution in [2.75, 3.05) is 0 Å². The monoisotopic (exact) mass is 247 g/mol. The van der Waals surface area contributed by atoms with Gasteiger partial charge >= 0.3 is 0 Å². The van der Waals surface area contributed by atoms with Gasteiger partial charge in [0.1, 0.15) is 7.28 Å². The first-order chi connectivity index (χ1) is 8.24. The SMILES string of the molecule is C/C=C(\C=C(/CC)C(C)C)C(C)(C)C[B]C(C)C. The van der Waals surface area contributed by atoms with Crippen LogP contribution >= 0.6 is 0 Å². The Balaban J connectivity index is 4.97. The largest absolute Gasteiger partial charge is 0.114 e. The van der Waals surface area contributed by atoms with Gasteiger partial charge < -0.3 is 0 Å². The van der Waals surface area contributed by atoms with Gasteiger partial charge in [0.05, 0.1) is 0 Å². The van der Waals surface area contributed by atoms with Crippen molar-refractivity contribution in [1.29, 1.82) is 0 Å². The molecule has 0 aromatic rings. The van der Waals surface area contributed by atoms with Gasteiger partial charge in [0.25, 0.3) is 0 Å². The fraction of sp³-hybridized carbons (Fsp3) is 0.765. The van der Waals surface area contributed by atoms with Crippen LogP contribution < -0.4 is 0 Å². The summed E-state index contributed by atoms with van der Waals surface area (Å²) in [5, 5.41) is 0. The zero-order valence-corrected chi connectivity index (χ0v) is 13.8. The van der Waals surface area contributed by atoms with Gasteiger partial charge in [-0.25, -0.2) is 0 Å². The van der Waals surface area contributed by atoms with E-state index >= 15 is 0 Å². The van der Waals surface area contributed by atoms with Crippen molar-refractivity contribution in [3.63, 3.8) is 0 Å². The molecule has 0 heterocycles. The molecule has 18 heavy (non-hydrogen) atoms. The van der Waals surface area contributed by atoms with E-state index in [1.54, 1.807) is 5.57 Å². The summed E-state index contributed by atoms with van der Waals surface area (Å²) in [5.74, 6) is 1.32. The van der Waals surface area contributed by atoms with Gasteiger partial charge in [-0.3, -0.25) is 0 Å². The van der Waals surface area contributed by atoms with E-state index in [2.05, 4.69) is 74.8 Å². The van der Waals surface area contributed by atoms with Crippen molar-refractivity contribution >= 4 is 7.28 Å². The van der Waals surface area contributed by atoms with Crippen molar-refractivity contribution in [2.24, 2.45) is 11.3 Å². The van der Waals surface area contributed by atoms with E-state index in [1.807, 2.05) is 0 Å². The molecule has 0 aliphatic carbocycles. The summed E-state index contributed by atoms with van der Waals surface area (Å²) in [6.07, 6.45) is 7.01. The second-order valence-corrected chi connectivity index (χ2v) is 6.54. The summed E-state index contributed by atoms with van der Waals surface area (Å²) in [6, 6.07) is 0. The number of hydrogen-bond acceptors (Lipinski definition) is 0. The molecule has 0 aromatic heterocycles. The van der Waals surface area contributed by atoms with Crippen LogP contribution in [0.4, 0.5) is 0 Å². The average molecular weight is 247 g/mol. The first-order valence-corrected chi connectivity index (χ1v) is 7.45. The molecule has 0 atom stereocenters. The fourth-order valence-electron chi connectivity index (χ4n) is 2.19. The second kappa shape index (κ2) is 7.87. The molecule has 0 saturated heterocycles. The van der Waals surface area contributed by atoms with Crippen molar-refractivity contribution in [3.8, 4) is 0 Å². The molecule has 0 N–H and O–H groups in total. The molecule has 0 aromatic carbocycles. The highest BCUT2D eigenvalue weighted by Gasteiger charge is 2.22. The molecule has 1 radical (unpaired) electrons. The molecular formula is C17H32B. The zero-order chi connectivity index (χ0) is 14.3. The maximum absolute atomic E-state index is 2.43. The summed E-state index contributed by atoms with van der Waals surface area (Å²) < 4.78 is 0. The van der Waals surface area contributed by atoms with Gasteiger partial charge in [0.2, 0.25) is 0 Å². The Kier molecular flexibility index (Phi) is 7.67. The molecule has 103 valence electrons. The summed E-state index contributed by atoms with van der Waals surface area (Å²) >= 11 is 0. The third kappa shape index (κ3) is 5.93. The summed E-state index contributed by atoms with van der Waals surface area (Å²) in [6.45, 7) is 18.2. The lowest BCUT2D eigenvalue weighted by molar-refractivity contribution is 0.509.